The van der Waals surface area contributed by atoms with Crippen LogP contribution in [0.1, 0.15) is 15.9 Å². The van der Waals surface area contributed by atoms with Crippen LogP contribution in [-0.4, -0.2) is 24.3 Å². The molecule has 0 amide bonds. The predicted octanol–water partition coefficient (Wildman–Crippen LogP) is 5.71. The Kier molecular flexibility index (Phi) is 5.96. The van der Waals surface area contributed by atoms with E-state index in [4.69, 9.17) is 4.74 Å². The second kappa shape index (κ2) is 9.15. The molecular weight excluding hydrogens is 394 g/mol. The molecule has 0 spiro atoms. The van der Waals surface area contributed by atoms with E-state index in [-0.39, 0.29) is 5.97 Å². The molecular formula is C24H19N3O2S. The van der Waals surface area contributed by atoms with Gasteiger partial charge in [0.1, 0.15) is 0 Å². The third-order valence-electron chi connectivity index (χ3n) is 4.45. The number of ether oxygens (including phenoxy) is 1. The quantitative estimate of drug-likeness (QED) is 0.250. The fourth-order valence-electron chi connectivity index (χ4n) is 2.97. The molecule has 0 fully saturated rings. The van der Waals surface area contributed by atoms with Gasteiger partial charge < -0.3 is 4.74 Å². The van der Waals surface area contributed by atoms with Gasteiger partial charge in [-0.1, -0.05) is 60.7 Å². The second-order valence-corrected chi connectivity index (χ2v) is 7.33. The summed E-state index contributed by atoms with van der Waals surface area (Å²) in [6.45, 7) is 0. The topological polar surface area (TPSA) is 63.6 Å². The number of rotatable bonds is 6. The van der Waals surface area contributed by atoms with E-state index in [1.165, 1.54) is 18.4 Å². The van der Waals surface area contributed by atoms with Gasteiger partial charge in [0.25, 0.3) is 0 Å². The van der Waals surface area contributed by atoms with Crippen molar-refractivity contribution in [1.82, 2.24) is 4.98 Å². The number of hydrazone groups is 1. The third-order valence-corrected chi connectivity index (χ3v) is 5.20. The SMILES string of the molecule is COC(=O)c1cccc(-c2cccc(C=NNc3nc(-c4ccccc4)cs3)c2)c1. The normalized spacial score (nSPS) is 10.8. The minimum absolute atomic E-state index is 0.350. The van der Waals surface area contributed by atoms with E-state index in [1.54, 1.807) is 12.3 Å². The maximum absolute atomic E-state index is 11.8. The summed E-state index contributed by atoms with van der Waals surface area (Å²) < 4.78 is 4.80. The summed E-state index contributed by atoms with van der Waals surface area (Å²) in [6.07, 6.45) is 1.75. The molecule has 0 saturated heterocycles. The van der Waals surface area contributed by atoms with Crippen molar-refractivity contribution in [3.8, 4) is 22.4 Å². The largest absolute Gasteiger partial charge is 0.465 e. The van der Waals surface area contributed by atoms with Gasteiger partial charge in [-0.3, -0.25) is 5.43 Å². The van der Waals surface area contributed by atoms with Crippen molar-refractivity contribution >= 4 is 28.7 Å². The second-order valence-electron chi connectivity index (χ2n) is 6.47. The maximum Gasteiger partial charge on any atom is 0.337 e. The highest BCUT2D eigenvalue weighted by molar-refractivity contribution is 7.14. The zero-order valence-corrected chi connectivity index (χ0v) is 17.1. The van der Waals surface area contributed by atoms with Crippen molar-refractivity contribution in [2.24, 2.45) is 5.10 Å². The van der Waals surface area contributed by atoms with Crippen molar-refractivity contribution in [3.05, 3.63) is 95.4 Å². The number of esters is 1. The van der Waals surface area contributed by atoms with Gasteiger partial charge in [0.05, 0.1) is 24.6 Å². The van der Waals surface area contributed by atoms with Crippen molar-refractivity contribution in [2.45, 2.75) is 0 Å². The van der Waals surface area contributed by atoms with Crippen LogP contribution in [0.25, 0.3) is 22.4 Å². The van der Waals surface area contributed by atoms with Gasteiger partial charge in [-0.05, 0) is 34.9 Å². The first-order valence-electron chi connectivity index (χ1n) is 9.32. The lowest BCUT2D eigenvalue weighted by Crippen LogP contribution is -2.00. The Morgan fingerprint density at radius 3 is 2.50 bits per heavy atom. The van der Waals surface area contributed by atoms with E-state index in [0.29, 0.717) is 5.56 Å². The summed E-state index contributed by atoms with van der Waals surface area (Å²) in [7, 11) is 1.38. The van der Waals surface area contributed by atoms with Gasteiger partial charge in [0.2, 0.25) is 5.13 Å². The summed E-state index contributed by atoms with van der Waals surface area (Å²) in [5, 5.41) is 7.04. The number of hydrogen-bond acceptors (Lipinski definition) is 6. The van der Waals surface area contributed by atoms with Crippen LogP contribution in [0, 0.1) is 0 Å². The molecule has 4 rings (SSSR count). The van der Waals surface area contributed by atoms with E-state index < -0.39 is 0 Å². The fourth-order valence-corrected chi connectivity index (χ4v) is 3.64. The zero-order valence-electron chi connectivity index (χ0n) is 16.3. The van der Waals surface area contributed by atoms with E-state index in [0.717, 1.165) is 33.1 Å². The molecule has 148 valence electrons. The van der Waals surface area contributed by atoms with Crippen molar-refractivity contribution in [1.29, 1.82) is 0 Å². The molecule has 0 saturated carbocycles. The summed E-state index contributed by atoms with van der Waals surface area (Å²) in [5.41, 5.74) is 8.37. The number of benzene rings is 3. The molecule has 0 radical (unpaired) electrons. The molecule has 4 aromatic rings. The lowest BCUT2D eigenvalue weighted by Gasteiger charge is -2.05. The molecule has 5 nitrogen and oxygen atoms in total. The van der Waals surface area contributed by atoms with Crippen LogP contribution in [-0.2, 0) is 4.74 Å². The van der Waals surface area contributed by atoms with Crippen LogP contribution < -0.4 is 5.43 Å². The van der Waals surface area contributed by atoms with Crippen molar-refractivity contribution in [3.63, 3.8) is 0 Å². The molecule has 0 unspecified atom stereocenters. The Morgan fingerprint density at radius 2 is 1.70 bits per heavy atom. The first kappa shape index (κ1) is 19.5. The molecule has 1 heterocycles. The van der Waals surface area contributed by atoms with Crippen molar-refractivity contribution < 1.29 is 9.53 Å². The van der Waals surface area contributed by atoms with Gasteiger partial charge in [-0.2, -0.15) is 5.10 Å². The van der Waals surface area contributed by atoms with E-state index >= 15 is 0 Å². The number of aromatic nitrogens is 1. The minimum Gasteiger partial charge on any atom is -0.465 e. The zero-order chi connectivity index (χ0) is 20.8. The number of nitrogens with zero attached hydrogens (tertiary/aromatic N) is 2. The number of methoxy groups -OCH3 is 1. The Bertz CT molecular complexity index is 1190. The maximum atomic E-state index is 11.8. The van der Waals surface area contributed by atoms with Crippen LogP contribution >= 0.6 is 11.3 Å². The van der Waals surface area contributed by atoms with Crippen LogP contribution in [0.15, 0.2) is 89.3 Å². The summed E-state index contributed by atoms with van der Waals surface area (Å²) in [6, 6.07) is 25.3. The fraction of sp³-hybridized carbons (Fsp3) is 0.0417. The molecule has 0 aliphatic carbocycles. The Labute approximate surface area is 178 Å². The smallest absolute Gasteiger partial charge is 0.337 e. The number of thiazole rings is 1. The molecule has 6 heteroatoms. The molecule has 0 aliphatic rings. The van der Waals surface area contributed by atoms with Gasteiger partial charge in [-0.15, -0.1) is 11.3 Å². The number of hydrogen-bond donors (Lipinski definition) is 1. The van der Waals surface area contributed by atoms with Crippen LogP contribution in [0.3, 0.4) is 0 Å². The lowest BCUT2D eigenvalue weighted by atomic mass is 10.0. The third kappa shape index (κ3) is 4.61. The number of anilines is 1. The molecule has 0 bridgehead atoms. The monoisotopic (exact) mass is 413 g/mol. The highest BCUT2D eigenvalue weighted by Crippen LogP contribution is 2.25. The van der Waals surface area contributed by atoms with Gasteiger partial charge in [-0.25, -0.2) is 9.78 Å². The highest BCUT2D eigenvalue weighted by Gasteiger charge is 2.07. The Hall–Kier alpha value is -3.77. The molecule has 0 atom stereocenters. The molecule has 30 heavy (non-hydrogen) atoms. The van der Waals surface area contributed by atoms with Gasteiger partial charge in [0, 0.05) is 10.9 Å². The molecule has 1 aromatic heterocycles. The van der Waals surface area contributed by atoms with E-state index in [2.05, 4.69) is 15.5 Å². The summed E-state index contributed by atoms with van der Waals surface area (Å²) in [5.74, 6) is -0.350. The van der Waals surface area contributed by atoms with E-state index in [1.807, 2.05) is 78.2 Å². The first-order chi connectivity index (χ1) is 14.7. The minimum atomic E-state index is -0.350. The molecule has 3 aromatic carbocycles. The molecule has 0 aliphatic heterocycles. The first-order valence-corrected chi connectivity index (χ1v) is 10.2. The molecule has 1 N–H and O–H groups in total. The number of nitrogens with one attached hydrogen (secondary N) is 1. The Morgan fingerprint density at radius 1 is 0.967 bits per heavy atom. The van der Waals surface area contributed by atoms with E-state index in [9.17, 15) is 4.79 Å². The average Bonchev–Trinajstić information content (AvgIpc) is 3.28. The van der Waals surface area contributed by atoms with Crippen LogP contribution in [0.2, 0.25) is 0 Å². The lowest BCUT2D eigenvalue weighted by molar-refractivity contribution is 0.0601. The van der Waals surface area contributed by atoms with Gasteiger partial charge >= 0.3 is 5.97 Å². The standard InChI is InChI=1S/C24H19N3O2S/c1-29-23(28)21-12-6-11-20(14-21)19-10-5-7-17(13-19)15-25-27-24-26-22(16-30-24)18-8-3-2-4-9-18/h2-16H,1H3,(H,26,27). The number of carbonyl (C=O) groups excluding carboxylic acids is 1. The number of carbonyl (C=O) groups is 1. The van der Waals surface area contributed by atoms with Gasteiger partial charge in [0.15, 0.2) is 0 Å². The summed E-state index contributed by atoms with van der Waals surface area (Å²) >= 11 is 1.51. The van der Waals surface area contributed by atoms with Crippen LogP contribution in [0.4, 0.5) is 5.13 Å². The van der Waals surface area contributed by atoms with Crippen molar-refractivity contribution in [2.75, 3.05) is 12.5 Å². The average molecular weight is 414 g/mol. The van der Waals surface area contributed by atoms with Crippen LogP contribution in [0.5, 0.6) is 0 Å². The summed E-state index contributed by atoms with van der Waals surface area (Å²) in [4.78, 5) is 16.3. The predicted molar refractivity (Wildman–Crippen MR) is 122 cm³/mol. The highest BCUT2D eigenvalue weighted by atomic mass is 32.1. The Balaban J connectivity index is 1.47.